The maximum atomic E-state index is 13.9. The van der Waals surface area contributed by atoms with Crippen LogP contribution in [0.25, 0.3) is 0 Å². The van der Waals surface area contributed by atoms with Gasteiger partial charge in [0.2, 0.25) is 0 Å². The number of hydrazine groups is 1. The van der Waals surface area contributed by atoms with Crippen LogP contribution in [0.2, 0.25) is 0 Å². The zero-order chi connectivity index (χ0) is 25.1. The molecule has 182 valence electrons. The summed E-state index contributed by atoms with van der Waals surface area (Å²) in [4.78, 5) is 52.6. The van der Waals surface area contributed by atoms with Crippen molar-refractivity contribution in [1.29, 1.82) is 0 Å². The number of methoxy groups -OCH3 is 2. The molecule has 0 saturated carbocycles. The summed E-state index contributed by atoms with van der Waals surface area (Å²) < 4.78 is 9.94. The van der Waals surface area contributed by atoms with Gasteiger partial charge in [-0.1, -0.05) is 61.9 Å². The summed E-state index contributed by atoms with van der Waals surface area (Å²) in [6.07, 6.45) is 1.14. The van der Waals surface area contributed by atoms with Gasteiger partial charge in [0, 0.05) is 5.56 Å². The fraction of sp³-hybridized carbons (Fsp3) is 0.308. The molecule has 2 aromatic rings. The average Bonchev–Trinajstić information content (AvgIpc) is 3.36. The largest absolute Gasteiger partial charge is 0.466 e. The number of fused-ring (bicyclic) bond motifs is 1. The number of hydrogen-bond donors (Lipinski definition) is 1. The van der Waals surface area contributed by atoms with Crippen molar-refractivity contribution >= 4 is 23.8 Å². The molecule has 3 atom stereocenters. The summed E-state index contributed by atoms with van der Waals surface area (Å²) in [5.74, 6) is -2.49. The fourth-order valence-electron chi connectivity index (χ4n) is 4.76. The van der Waals surface area contributed by atoms with Crippen molar-refractivity contribution in [3.63, 3.8) is 0 Å². The van der Waals surface area contributed by atoms with Gasteiger partial charge in [0.25, 0.3) is 11.8 Å². The Kier molecular flexibility index (Phi) is 6.97. The van der Waals surface area contributed by atoms with E-state index in [1.54, 1.807) is 35.3 Å². The molecular formula is C26H27N3O6. The zero-order valence-electron chi connectivity index (χ0n) is 19.8. The third-order valence-corrected chi connectivity index (χ3v) is 6.24. The van der Waals surface area contributed by atoms with Crippen molar-refractivity contribution < 1.29 is 28.7 Å². The highest BCUT2D eigenvalue weighted by molar-refractivity contribution is 6.07. The summed E-state index contributed by atoms with van der Waals surface area (Å²) in [6, 6.07) is 15.5. The van der Waals surface area contributed by atoms with E-state index in [-0.39, 0.29) is 11.3 Å². The number of amides is 2. The highest BCUT2D eigenvalue weighted by Crippen LogP contribution is 2.46. The molecule has 2 aliphatic heterocycles. The third kappa shape index (κ3) is 4.19. The summed E-state index contributed by atoms with van der Waals surface area (Å²) in [5.41, 5.74) is 1.04. The number of nitrogens with one attached hydrogen (secondary N) is 1. The van der Waals surface area contributed by atoms with Crippen LogP contribution in [0.4, 0.5) is 0 Å². The van der Waals surface area contributed by atoms with Crippen molar-refractivity contribution in [3.8, 4) is 0 Å². The van der Waals surface area contributed by atoms with Crippen LogP contribution in [0, 0.1) is 0 Å². The third-order valence-electron chi connectivity index (χ3n) is 6.24. The Labute approximate surface area is 203 Å². The Morgan fingerprint density at radius 3 is 2.09 bits per heavy atom. The Morgan fingerprint density at radius 2 is 1.51 bits per heavy atom. The van der Waals surface area contributed by atoms with E-state index >= 15 is 0 Å². The molecule has 4 rings (SSSR count). The van der Waals surface area contributed by atoms with Crippen LogP contribution in [-0.2, 0) is 23.9 Å². The van der Waals surface area contributed by atoms with E-state index in [9.17, 15) is 19.2 Å². The van der Waals surface area contributed by atoms with Crippen molar-refractivity contribution in [2.75, 3.05) is 14.2 Å². The quantitative estimate of drug-likeness (QED) is 0.611. The SMILES string of the molecule is CCC[C@@H]1C(C(=O)OC)=C(C(=O)OC)N2C(=O)[C@H](NC(=O)c3ccccc3)[C@@H](c3ccccc3)N12. The first-order valence-electron chi connectivity index (χ1n) is 11.4. The maximum absolute atomic E-state index is 13.9. The smallest absolute Gasteiger partial charge is 0.356 e. The van der Waals surface area contributed by atoms with Crippen molar-refractivity contribution in [2.24, 2.45) is 0 Å². The Balaban J connectivity index is 1.86. The van der Waals surface area contributed by atoms with Gasteiger partial charge < -0.3 is 14.8 Å². The minimum Gasteiger partial charge on any atom is -0.466 e. The Morgan fingerprint density at radius 1 is 0.914 bits per heavy atom. The van der Waals surface area contributed by atoms with Gasteiger partial charge in [-0.3, -0.25) is 9.59 Å². The summed E-state index contributed by atoms with van der Waals surface area (Å²) in [5, 5.41) is 5.75. The second-order valence-corrected chi connectivity index (χ2v) is 8.25. The molecule has 1 fully saturated rings. The summed E-state index contributed by atoms with van der Waals surface area (Å²) >= 11 is 0. The predicted octanol–water partition coefficient (Wildman–Crippen LogP) is 2.37. The molecule has 0 unspecified atom stereocenters. The molecule has 1 saturated heterocycles. The first-order chi connectivity index (χ1) is 16.9. The van der Waals surface area contributed by atoms with Crippen molar-refractivity contribution in [1.82, 2.24) is 15.3 Å². The number of rotatable bonds is 7. The number of nitrogens with zero attached hydrogens (tertiary/aromatic N) is 2. The van der Waals surface area contributed by atoms with Crippen LogP contribution in [0.5, 0.6) is 0 Å². The minimum absolute atomic E-state index is 0.0725. The molecule has 2 aromatic carbocycles. The summed E-state index contributed by atoms with van der Waals surface area (Å²) in [7, 11) is 2.41. The van der Waals surface area contributed by atoms with Gasteiger partial charge >= 0.3 is 11.9 Å². The lowest BCUT2D eigenvalue weighted by molar-refractivity contribution is -0.146. The molecule has 1 N–H and O–H groups in total. The van der Waals surface area contributed by atoms with Crippen LogP contribution >= 0.6 is 0 Å². The highest BCUT2D eigenvalue weighted by atomic mass is 16.5. The van der Waals surface area contributed by atoms with Gasteiger partial charge in [-0.15, -0.1) is 0 Å². The van der Waals surface area contributed by atoms with Gasteiger partial charge in [-0.05, 0) is 24.1 Å². The molecule has 0 spiro atoms. The topological polar surface area (TPSA) is 105 Å². The molecule has 2 aliphatic rings. The normalized spacial score (nSPS) is 21.6. The van der Waals surface area contributed by atoms with E-state index in [2.05, 4.69) is 5.32 Å². The molecule has 0 radical (unpaired) electrons. The van der Waals surface area contributed by atoms with Crippen LogP contribution in [-0.4, -0.2) is 60.1 Å². The highest BCUT2D eigenvalue weighted by Gasteiger charge is 2.59. The molecular weight excluding hydrogens is 450 g/mol. The van der Waals surface area contributed by atoms with Crippen LogP contribution < -0.4 is 5.32 Å². The van der Waals surface area contributed by atoms with Gasteiger partial charge in [0.05, 0.1) is 31.9 Å². The Bertz CT molecular complexity index is 1160. The standard InChI is InChI=1S/C26H27N3O6/c1-4-11-18-19(25(32)34-2)22(26(33)35-3)29-24(31)20(27-23(30)17-14-9-6-10-15-17)21(28(18)29)16-12-7-5-8-13-16/h5-10,12-15,18,20-21H,4,11H2,1-3H3,(H,27,30)/t18-,20-,21-/m1/s1. The van der Waals surface area contributed by atoms with E-state index < -0.39 is 41.9 Å². The zero-order valence-corrected chi connectivity index (χ0v) is 19.8. The van der Waals surface area contributed by atoms with Gasteiger partial charge in [0.15, 0.2) is 5.70 Å². The number of carbonyl (C=O) groups is 4. The molecule has 2 heterocycles. The van der Waals surface area contributed by atoms with Crippen LogP contribution in [0.15, 0.2) is 71.9 Å². The lowest BCUT2D eigenvalue weighted by Crippen LogP contribution is -2.45. The number of esters is 2. The second kappa shape index (κ2) is 10.1. The van der Waals surface area contributed by atoms with Crippen LogP contribution in [0.3, 0.4) is 0 Å². The monoisotopic (exact) mass is 477 g/mol. The average molecular weight is 478 g/mol. The number of benzene rings is 2. The maximum Gasteiger partial charge on any atom is 0.356 e. The number of hydrogen-bond acceptors (Lipinski definition) is 7. The van der Waals surface area contributed by atoms with Gasteiger partial charge in [0.1, 0.15) is 6.04 Å². The molecule has 9 nitrogen and oxygen atoms in total. The Hall–Kier alpha value is -3.98. The van der Waals surface area contributed by atoms with Crippen LogP contribution in [0.1, 0.15) is 41.7 Å². The molecule has 0 aliphatic carbocycles. The van der Waals surface area contributed by atoms with E-state index in [1.165, 1.54) is 19.2 Å². The summed E-state index contributed by atoms with van der Waals surface area (Å²) in [6.45, 7) is 1.94. The van der Waals surface area contributed by atoms with Crippen molar-refractivity contribution in [3.05, 3.63) is 83.1 Å². The number of ether oxygens (including phenoxy) is 2. The van der Waals surface area contributed by atoms with Crippen molar-refractivity contribution in [2.45, 2.75) is 37.9 Å². The molecule has 0 bridgehead atoms. The molecule has 35 heavy (non-hydrogen) atoms. The predicted molar refractivity (Wildman–Crippen MR) is 125 cm³/mol. The van der Waals surface area contributed by atoms with E-state index in [0.29, 0.717) is 18.4 Å². The van der Waals surface area contributed by atoms with E-state index in [1.807, 2.05) is 37.3 Å². The second-order valence-electron chi connectivity index (χ2n) is 8.25. The minimum atomic E-state index is -1.01. The molecule has 9 heteroatoms. The molecule has 0 aromatic heterocycles. The van der Waals surface area contributed by atoms with E-state index in [0.717, 1.165) is 5.56 Å². The lowest BCUT2D eigenvalue weighted by Gasteiger charge is -2.32. The first kappa shape index (κ1) is 24.2. The van der Waals surface area contributed by atoms with Gasteiger partial charge in [-0.25, -0.2) is 14.6 Å². The first-order valence-corrected chi connectivity index (χ1v) is 11.4. The van der Waals surface area contributed by atoms with E-state index in [4.69, 9.17) is 9.47 Å². The van der Waals surface area contributed by atoms with Gasteiger partial charge in [-0.2, -0.15) is 5.01 Å². The fourth-order valence-corrected chi connectivity index (χ4v) is 4.76. The number of carbonyl (C=O) groups excluding carboxylic acids is 4. The lowest BCUT2D eigenvalue weighted by atomic mass is 9.94. The molecule has 2 amide bonds.